The minimum absolute atomic E-state index is 0.0670. The molecule has 6 nitrogen and oxygen atoms in total. The molecular formula is C13H11N2O4S-. The van der Waals surface area contributed by atoms with E-state index in [2.05, 4.69) is 5.32 Å². The standard InChI is InChI=1S/C13H12N2O4S/c16-15(17)12-7-6-10(13(8-12)20(18)19)9-14-11-4-2-1-3-5-11/h1-8,14H,9H2,(H,18,19)/p-1. The van der Waals surface area contributed by atoms with Gasteiger partial charge < -0.3 is 9.87 Å². The van der Waals surface area contributed by atoms with E-state index in [-0.39, 0.29) is 17.1 Å². The van der Waals surface area contributed by atoms with Gasteiger partial charge in [0, 0.05) is 29.3 Å². The second-order valence-electron chi connectivity index (χ2n) is 4.00. The molecule has 1 atom stereocenters. The minimum atomic E-state index is -2.52. The van der Waals surface area contributed by atoms with Crippen molar-refractivity contribution in [3.8, 4) is 0 Å². The zero-order valence-corrected chi connectivity index (χ0v) is 11.1. The van der Waals surface area contributed by atoms with Crippen molar-refractivity contribution in [1.29, 1.82) is 0 Å². The van der Waals surface area contributed by atoms with Gasteiger partial charge >= 0.3 is 0 Å². The van der Waals surface area contributed by atoms with Crippen LogP contribution in [0.15, 0.2) is 53.4 Å². The van der Waals surface area contributed by atoms with E-state index in [0.717, 1.165) is 11.8 Å². The average molecular weight is 291 g/mol. The van der Waals surface area contributed by atoms with E-state index in [1.807, 2.05) is 30.3 Å². The van der Waals surface area contributed by atoms with Gasteiger partial charge in [0.2, 0.25) is 0 Å². The summed E-state index contributed by atoms with van der Waals surface area (Å²) in [6.45, 7) is 0.269. The Balaban J connectivity index is 2.23. The molecule has 1 unspecified atom stereocenters. The number of nitrogens with one attached hydrogen (secondary N) is 1. The summed E-state index contributed by atoms with van der Waals surface area (Å²) in [7, 11) is 0. The van der Waals surface area contributed by atoms with Crippen LogP contribution in [-0.2, 0) is 17.6 Å². The largest absolute Gasteiger partial charge is 0.768 e. The molecule has 0 fully saturated rings. The van der Waals surface area contributed by atoms with Gasteiger partial charge in [-0.1, -0.05) is 18.2 Å². The van der Waals surface area contributed by atoms with Gasteiger partial charge in [-0.05, 0) is 34.8 Å². The smallest absolute Gasteiger partial charge is 0.270 e. The Kier molecular flexibility index (Phi) is 4.44. The topological polar surface area (TPSA) is 95.3 Å². The summed E-state index contributed by atoms with van der Waals surface area (Å²) < 4.78 is 22.3. The van der Waals surface area contributed by atoms with Crippen molar-refractivity contribution >= 4 is 22.5 Å². The molecule has 0 spiro atoms. The normalized spacial score (nSPS) is 11.8. The molecule has 0 saturated carbocycles. The number of rotatable bonds is 5. The highest BCUT2D eigenvalue weighted by Gasteiger charge is 2.11. The van der Waals surface area contributed by atoms with Gasteiger partial charge in [-0.25, -0.2) is 0 Å². The van der Waals surface area contributed by atoms with Crippen LogP contribution in [0.25, 0.3) is 0 Å². The summed E-state index contributed by atoms with van der Waals surface area (Å²) in [5.41, 5.74) is 1.08. The molecule has 0 bridgehead atoms. The van der Waals surface area contributed by atoms with E-state index >= 15 is 0 Å². The third-order valence-corrected chi connectivity index (χ3v) is 3.44. The van der Waals surface area contributed by atoms with Gasteiger partial charge in [-0.2, -0.15) is 0 Å². The summed E-state index contributed by atoms with van der Waals surface area (Å²) in [6, 6.07) is 13.1. The number of hydrogen-bond acceptors (Lipinski definition) is 5. The summed E-state index contributed by atoms with van der Waals surface area (Å²) in [4.78, 5) is 9.97. The Hall–Kier alpha value is -2.25. The van der Waals surface area contributed by atoms with Crippen LogP contribution in [0.5, 0.6) is 0 Å². The van der Waals surface area contributed by atoms with Crippen molar-refractivity contribution in [3.05, 3.63) is 64.2 Å². The van der Waals surface area contributed by atoms with Crippen LogP contribution >= 0.6 is 0 Å². The van der Waals surface area contributed by atoms with Crippen LogP contribution in [0.3, 0.4) is 0 Å². The van der Waals surface area contributed by atoms with Crippen molar-refractivity contribution in [2.45, 2.75) is 11.4 Å². The van der Waals surface area contributed by atoms with Crippen molar-refractivity contribution in [2.24, 2.45) is 0 Å². The molecule has 0 radical (unpaired) electrons. The maximum Gasteiger partial charge on any atom is 0.270 e. The van der Waals surface area contributed by atoms with E-state index in [0.29, 0.717) is 5.56 Å². The zero-order chi connectivity index (χ0) is 14.5. The number of nitrogens with zero attached hydrogens (tertiary/aromatic N) is 1. The van der Waals surface area contributed by atoms with E-state index in [1.165, 1.54) is 12.1 Å². The lowest BCUT2D eigenvalue weighted by Crippen LogP contribution is -2.05. The van der Waals surface area contributed by atoms with Crippen LogP contribution in [-0.4, -0.2) is 13.7 Å². The second kappa shape index (κ2) is 6.27. The second-order valence-corrected chi connectivity index (χ2v) is 4.91. The Morgan fingerprint density at radius 1 is 1.15 bits per heavy atom. The van der Waals surface area contributed by atoms with Crippen LogP contribution < -0.4 is 5.32 Å². The van der Waals surface area contributed by atoms with Gasteiger partial charge in [0.15, 0.2) is 0 Å². The highest BCUT2D eigenvalue weighted by Crippen LogP contribution is 2.21. The van der Waals surface area contributed by atoms with Gasteiger partial charge in [-0.3, -0.25) is 14.3 Å². The molecule has 0 aliphatic heterocycles. The molecule has 0 aromatic heterocycles. The monoisotopic (exact) mass is 291 g/mol. The Morgan fingerprint density at radius 2 is 1.85 bits per heavy atom. The van der Waals surface area contributed by atoms with E-state index in [4.69, 9.17) is 0 Å². The first-order chi connectivity index (χ1) is 9.58. The van der Waals surface area contributed by atoms with Crippen molar-refractivity contribution in [1.82, 2.24) is 0 Å². The molecule has 0 amide bonds. The predicted octanol–water partition coefficient (Wildman–Crippen LogP) is 2.44. The van der Waals surface area contributed by atoms with E-state index in [1.54, 1.807) is 0 Å². The molecule has 0 heterocycles. The molecule has 0 saturated heterocycles. The zero-order valence-electron chi connectivity index (χ0n) is 10.3. The lowest BCUT2D eigenvalue weighted by Gasteiger charge is -2.13. The van der Waals surface area contributed by atoms with Gasteiger partial charge in [-0.15, -0.1) is 0 Å². The number of non-ortho nitro benzene ring substituents is 1. The average Bonchev–Trinajstić information content (AvgIpc) is 2.45. The van der Waals surface area contributed by atoms with Crippen molar-refractivity contribution in [3.63, 3.8) is 0 Å². The SMILES string of the molecule is O=[N+]([O-])c1ccc(CNc2ccccc2)c(S(=O)[O-])c1. The molecule has 20 heavy (non-hydrogen) atoms. The maximum atomic E-state index is 11.2. The third kappa shape index (κ3) is 3.40. The molecule has 7 heteroatoms. The number of benzene rings is 2. The first-order valence-corrected chi connectivity index (χ1v) is 6.81. The number of anilines is 1. The van der Waals surface area contributed by atoms with Crippen molar-refractivity contribution < 1.29 is 13.7 Å². The lowest BCUT2D eigenvalue weighted by molar-refractivity contribution is -0.385. The molecule has 104 valence electrons. The Labute approximate surface area is 117 Å². The number of hydrogen-bond donors (Lipinski definition) is 1. The Bertz CT molecular complexity index is 646. The highest BCUT2D eigenvalue weighted by molar-refractivity contribution is 7.79. The fraction of sp³-hybridized carbons (Fsp3) is 0.0769. The molecule has 1 N–H and O–H groups in total. The third-order valence-electron chi connectivity index (χ3n) is 2.70. The van der Waals surface area contributed by atoms with Crippen LogP contribution in [0.1, 0.15) is 5.56 Å². The number of para-hydroxylation sites is 1. The fourth-order valence-electron chi connectivity index (χ4n) is 1.71. The van der Waals surface area contributed by atoms with Crippen LogP contribution in [0.2, 0.25) is 0 Å². The van der Waals surface area contributed by atoms with Crippen molar-refractivity contribution in [2.75, 3.05) is 5.32 Å². The number of nitro benzene ring substituents is 1. The molecule has 2 aromatic rings. The van der Waals surface area contributed by atoms with E-state index in [9.17, 15) is 18.9 Å². The van der Waals surface area contributed by atoms with E-state index < -0.39 is 16.0 Å². The maximum absolute atomic E-state index is 11.2. The predicted molar refractivity (Wildman–Crippen MR) is 74.1 cm³/mol. The molecule has 0 aliphatic carbocycles. The summed E-state index contributed by atoms with van der Waals surface area (Å²) in [6.07, 6.45) is 0. The molecule has 2 rings (SSSR count). The van der Waals surface area contributed by atoms with Gasteiger partial charge in [0.05, 0.1) is 4.92 Å². The summed E-state index contributed by atoms with van der Waals surface area (Å²) in [5.74, 6) is 0. The fourth-order valence-corrected chi connectivity index (χ4v) is 2.28. The van der Waals surface area contributed by atoms with Crippen LogP contribution in [0.4, 0.5) is 11.4 Å². The first kappa shape index (κ1) is 14.2. The van der Waals surface area contributed by atoms with Crippen LogP contribution in [0, 0.1) is 10.1 Å². The van der Waals surface area contributed by atoms with Gasteiger partial charge in [0.1, 0.15) is 0 Å². The molecule has 2 aromatic carbocycles. The quantitative estimate of drug-likeness (QED) is 0.518. The number of nitro groups is 1. The molecule has 0 aliphatic rings. The summed E-state index contributed by atoms with van der Waals surface area (Å²) >= 11 is -2.52. The lowest BCUT2D eigenvalue weighted by atomic mass is 10.2. The van der Waals surface area contributed by atoms with Gasteiger partial charge in [0.25, 0.3) is 5.69 Å². The Morgan fingerprint density at radius 3 is 2.45 bits per heavy atom. The molecular weight excluding hydrogens is 280 g/mol. The first-order valence-electron chi connectivity index (χ1n) is 5.73. The summed E-state index contributed by atoms with van der Waals surface area (Å²) in [5, 5.41) is 13.7. The highest BCUT2D eigenvalue weighted by atomic mass is 32.2. The minimum Gasteiger partial charge on any atom is -0.768 e.